The summed E-state index contributed by atoms with van der Waals surface area (Å²) in [5.41, 5.74) is 4.95. The van der Waals surface area contributed by atoms with E-state index >= 15 is 0 Å². The van der Waals surface area contributed by atoms with Gasteiger partial charge in [0.25, 0.3) is 0 Å². The van der Waals surface area contributed by atoms with Crippen LogP contribution in [0, 0.1) is 11.3 Å². The first-order valence-electron chi connectivity index (χ1n) is 8.00. The molecule has 3 rings (SSSR count). The van der Waals surface area contributed by atoms with Crippen LogP contribution in [0.2, 0.25) is 0 Å². The third-order valence-corrected chi connectivity index (χ3v) is 5.21. The maximum atomic E-state index is 12.0. The summed E-state index contributed by atoms with van der Waals surface area (Å²) in [7, 11) is 1.60. The van der Waals surface area contributed by atoms with Gasteiger partial charge >= 0.3 is 6.03 Å². The molecule has 0 spiro atoms. The highest BCUT2D eigenvalue weighted by atomic mass is 32.1. The van der Waals surface area contributed by atoms with Gasteiger partial charge in [-0.3, -0.25) is 5.32 Å². The number of urea groups is 1. The second kappa shape index (κ2) is 7.81. The van der Waals surface area contributed by atoms with Crippen LogP contribution >= 0.6 is 11.3 Å². The molecule has 2 aromatic rings. The fraction of sp³-hybridized carbons (Fsp3) is 0.278. The van der Waals surface area contributed by atoms with Gasteiger partial charge in [-0.05, 0) is 61.1 Å². The molecule has 0 radical (unpaired) electrons. The van der Waals surface area contributed by atoms with Gasteiger partial charge in [0, 0.05) is 4.88 Å². The number of methoxy groups -OCH3 is 1. The molecular weight excluding hydrogens is 336 g/mol. The Kier molecular flexibility index (Phi) is 5.31. The Labute approximate surface area is 150 Å². The summed E-state index contributed by atoms with van der Waals surface area (Å²) in [6.07, 6.45) is 5.66. The van der Waals surface area contributed by atoms with Crippen molar-refractivity contribution < 1.29 is 9.53 Å². The number of nitrogens with zero attached hydrogens (tertiary/aromatic N) is 2. The number of hydrogen-bond donors (Lipinski definition) is 2. The average molecular weight is 354 g/mol. The van der Waals surface area contributed by atoms with Crippen molar-refractivity contribution in [1.29, 1.82) is 5.26 Å². The standard InChI is InChI=1S/C18H18N4O2S/c1-24-13-8-6-12(7-9-13)11-20-22-18(23)21-17-15(10-19)14-4-2-3-5-16(14)25-17/h6-9,11H,2-5H2,1H3,(H2,21,22,23)/b20-11+. The summed E-state index contributed by atoms with van der Waals surface area (Å²) in [5.74, 6) is 0.758. The minimum Gasteiger partial charge on any atom is -0.497 e. The molecule has 0 bridgehead atoms. The molecule has 25 heavy (non-hydrogen) atoms. The van der Waals surface area contributed by atoms with Crippen molar-refractivity contribution in [3.8, 4) is 11.8 Å². The second-order valence-corrected chi connectivity index (χ2v) is 6.73. The Morgan fingerprint density at radius 1 is 1.32 bits per heavy atom. The highest BCUT2D eigenvalue weighted by Gasteiger charge is 2.21. The summed E-state index contributed by atoms with van der Waals surface area (Å²) in [4.78, 5) is 13.2. The molecule has 0 saturated carbocycles. The first-order chi connectivity index (χ1) is 12.2. The molecule has 0 atom stereocenters. The zero-order chi connectivity index (χ0) is 17.6. The lowest BCUT2D eigenvalue weighted by atomic mass is 9.96. The molecule has 6 nitrogen and oxygen atoms in total. The molecule has 7 heteroatoms. The minimum absolute atomic E-state index is 0.458. The van der Waals surface area contributed by atoms with Gasteiger partial charge in [0.1, 0.15) is 16.8 Å². The zero-order valence-electron chi connectivity index (χ0n) is 13.8. The van der Waals surface area contributed by atoms with Crippen LogP contribution in [0.15, 0.2) is 29.4 Å². The molecule has 1 heterocycles. The molecule has 1 aromatic carbocycles. The van der Waals surface area contributed by atoms with Gasteiger partial charge < -0.3 is 4.74 Å². The van der Waals surface area contributed by atoms with E-state index in [0.29, 0.717) is 10.6 Å². The van der Waals surface area contributed by atoms with E-state index in [1.807, 2.05) is 24.3 Å². The van der Waals surface area contributed by atoms with Gasteiger partial charge in [0.2, 0.25) is 0 Å². The Bertz CT molecular complexity index is 834. The summed E-state index contributed by atoms with van der Waals surface area (Å²) in [6.45, 7) is 0. The summed E-state index contributed by atoms with van der Waals surface area (Å²) in [6, 6.07) is 9.07. The molecule has 2 N–H and O–H groups in total. The smallest absolute Gasteiger partial charge is 0.340 e. The molecule has 1 aliphatic carbocycles. The van der Waals surface area contributed by atoms with Crippen molar-refractivity contribution in [2.24, 2.45) is 5.10 Å². The van der Waals surface area contributed by atoms with Crippen LogP contribution in [0.1, 0.15) is 34.4 Å². The van der Waals surface area contributed by atoms with Gasteiger partial charge in [-0.25, -0.2) is 10.2 Å². The summed E-state index contributed by atoms with van der Waals surface area (Å²) < 4.78 is 5.09. The molecule has 0 saturated heterocycles. The number of benzene rings is 1. The predicted molar refractivity (Wildman–Crippen MR) is 98.4 cm³/mol. The number of thiophene rings is 1. The highest BCUT2D eigenvalue weighted by Crippen LogP contribution is 2.37. The van der Waals surface area contributed by atoms with Crippen LogP contribution < -0.4 is 15.5 Å². The lowest BCUT2D eigenvalue weighted by molar-refractivity contribution is 0.252. The van der Waals surface area contributed by atoms with Crippen molar-refractivity contribution >= 4 is 28.6 Å². The number of aryl methyl sites for hydroxylation is 1. The van der Waals surface area contributed by atoms with Crippen LogP contribution in [-0.4, -0.2) is 19.4 Å². The lowest BCUT2D eigenvalue weighted by Crippen LogP contribution is -2.24. The normalized spacial score (nSPS) is 13.1. The largest absolute Gasteiger partial charge is 0.497 e. The maximum Gasteiger partial charge on any atom is 0.340 e. The second-order valence-electron chi connectivity index (χ2n) is 5.62. The van der Waals surface area contributed by atoms with Crippen LogP contribution in [0.5, 0.6) is 5.75 Å². The topological polar surface area (TPSA) is 86.5 Å². The van der Waals surface area contributed by atoms with E-state index in [1.54, 1.807) is 13.3 Å². The molecular formula is C18H18N4O2S. The van der Waals surface area contributed by atoms with E-state index in [4.69, 9.17) is 4.74 Å². The number of carbonyl (C=O) groups is 1. The van der Waals surface area contributed by atoms with Crippen LogP contribution in [-0.2, 0) is 12.8 Å². The monoisotopic (exact) mass is 354 g/mol. The van der Waals surface area contributed by atoms with Gasteiger partial charge in [-0.2, -0.15) is 10.4 Å². The molecule has 0 unspecified atom stereocenters. The van der Waals surface area contributed by atoms with Gasteiger partial charge in [-0.1, -0.05) is 0 Å². The maximum absolute atomic E-state index is 12.0. The van der Waals surface area contributed by atoms with Gasteiger partial charge in [-0.15, -0.1) is 11.3 Å². The summed E-state index contributed by atoms with van der Waals surface area (Å²) in [5, 5.41) is 16.7. The van der Waals surface area contributed by atoms with Gasteiger partial charge in [0.05, 0.1) is 18.9 Å². The zero-order valence-corrected chi connectivity index (χ0v) is 14.7. The fourth-order valence-corrected chi connectivity index (χ4v) is 3.99. The third-order valence-electron chi connectivity index (χ3n) is 4.01. The molecule has 1 aliphatic rings. The number of ether oxygens (including phenoxy) is 1. The number of hydrazone groups is 1. The number of rotatable bonds is 4. The SMILES string of the molecule is COc1ccc(/C=N/NC(=O)Nc2sc3c(c2C#N)CCCC3)cc1. The summed E-state index contributed by atoms with van der Waals surface area (Å²) >= 11 is 1.49. The lowest BCUT2D eigenvalue weighted by Gasteiger charge is -2.09. The number of fused-ring (bicyclic) bond motifs is 1. The molecule has 0 fully saturated rings. The number of nitriles is 1. The third kappa shape index (κ3) is 3.98. The van der Waals surface area contributed by atoms with E-state index in [1.165, 1.54) is 16.2 Å². The number of carbonyl (C=O) groups excluding carboxylic acids is 1. The number of nitrogens with one attached hydrogen (secondary N) is 2. The first-order valence-corrected chi connectivity index (χ1v) is 8.81. The predicted octanol–water partition coefficient (Wildman–Crippen LogP) is 3.66. The first kappa shape index (κ1) is 17.0. The van der Waals surface area contributed by atoms with E-state index in [0.717, 1.165) is 42.6 Å². The van der Waals surface area contributed by atoms with Crippen LogP contribution in [0.4, 0.5) is 9.80 Å². The van der Waals surface area contributed by atoms with Crippen molar-refractivity contribution in [2.75, 3.05) is 12.4 Å². The molecule has 2 amide bonds. The molecule has 1 aromatic heterocycles. The van der Waals surface area contributed by atoms with E-state index in [-0.39, 0.29) is 0 Å². The van der Waals surface area contributed by atoms with E-state index in [2.05, 4.69) is 21.9 Å². The number of amides is 2. The Hall–Kier alpha value is -2.85. The molecule has 0 aliphatic heterocycles. The Morgan fingerprint density at radius 2 is 2.08 bits per heavy atom. The number of anilines is 1. The minimum atomic E-state index is -0.458. The van der Waals surface area contributed by atoms with Crippen molar-refractivity contribution in [3.05, 3.63) is 45.8 Å². The average Bonchev–Trinajstić information content (AvgIpc) is 2.99. The Balaban J connectivity index is 1.62. The quantitative estimate of drug-likeness (QED) is 0.649. The molecule has 128 valence electrons. The van der Waals surface area contributed by atoms with E-state index < -0.39 is 6.03 Å². The van der Waals surface area contributed by atoms with Crippen molar-refractivity contribution in [1.82, 2.24) is 5.43 Å². The van der Waals surface area contributed by atoms with Crippen molar-refractivity contribution in [2.45, 2.75) is 25.7 Å². The van der Waals surface area contributed by atoms with Gasteiger partial charge in [0.15, 0.2) is 0 Å². The highest BCUT2D eigenvalue weighted by molar-refractivity contribution is 7.16. The fourth-order valence-electron chi connectivity index (χ4n) is 2.76. The Morgan fingerprint density at radius 3 is 2.80 bits per heavy atom. The van der Waals surface area contributed by atoms with Crippen molar-refractivity contribution in [3.63, 3.8) is 0 Å². The van der Waals surface area contributed by atoms with E-state index in [9.17, 15) is 10.1 Å². The number of hydrogen-bond acceptors (Lipinski definition) is 5. The van der Waals surface area contributed by atoms with Crippen LogP contribution in [0.25, 0.3) is 0 Å². The van der Waals surface area contributed by atoms with Crippen LogP contribution in [0.3, 0.4) is 0 Å².